The lowest BCUT2D eigenvalue weighted by Crippen LogP contribution is -2.41. The number of benzene rings is 1. The second-order valence-corrected chi connectivity index (χ2v) is 6.17. The molecule has 0 radical (unpaired) electrons. The first-order valence-electron chi connectivity index (χ1n) is 7.51. The minimum absolute atomic E-state index is 0.108. The molecule has 1 fully saturated rings. The molecule has 0 bridgehead atoms. The van der Waals surface area contributed by atoms with Crippen molar-refractivity contribution in [2.75, 3.05) is 11.9 Å². The molecule has 3 N–H and O–H groups in total. The molecule has 0 aliphatic heterocycles. The van der Waals surface area contributed by atoms with Crippen molar-refractivity contribution in [1.29, 1.82) is 0 Å². The van der Waals surface area contributed by atoms with E-state index in [0.717, 1.165) is 31.2 Å². The molecule has 1 aliphatic rings. The van der Waals surface area contributed by atoms with Crippen LogP contribution in [0.25, 0.3) is 0 Å². The van der Waals surface area contributed by atoms with Gasteiger partial charge < -0.3 is 15.7 Å². The fraction of sp³-hybridized carbons (Fsp3) is 0.500. The van der Waals surface area contributed by atoms with Crippen LogP contribution in [0.3, 0.4) is 0 Å². The molecule has 0 spiro atoms. The van der Waals surface area contributed by atoms with Gasteiger partial charge in [-0.25, -0.2) is 0 Å². The Morgan fingerprint density at radius 2 is 2.00 bits per heavy atom. The fourth-order valence-electron chi connectivity index (χ4n) is 2.73. The molecule has 22 heavy (non-hydrogen) atoms. The number of aliphatic hydroxyl groups is 1. The van der Waals surface area contributed by atoms with Gasteiger partial charge in [0.25, 0.3) is 0 Å². The molecule has 0 heterocycles. The maximum atomic E-state index is 11.8. The van der Waals surface area contributed by atoms with Crippen LogP contribution >= 0.6 is 11.6 Å². The monoisotopic (exact) mass is 324 g/mol. The molecule has 1 saturated carbocycles. The van der Waals surface area contributed by atoms with Crippen molar-refractivity contribution in [2.24, 2.45) is 5.92 Å². The van der Waals surface area contributed by atoms with Crippen LogP contribution in [0.15, 0.2) is 18.2 Å². The number of amides is 2. The highest BCUT2D eigenvalue weighted by atomic mass is 35.5. The van der Waals surface area contributed by atoms with Crippen molar-refractivity contribution >= 4 is 29.1 Å². The van der Waals surface area contributed by atoms with Gasteiger partial charge in [-0.3, -0.25) is 9.59 Å². The molecule has 0 aromatic heterocycles. The molecule has 1 aromatic rings. The summed E-state index contributed by atoms with van der Waals surface area (Å²) in [5.41, 5.74) is 1.32. The number of anilines is 1. The number of carbonyl (C=O) groups is 2. The number of aryl methyl sites for hydroxylation is 1. The first-order chi connectivity index (χ1) is 10.5. The van der Waals surface area contributed by atoms with Crippen LogP contribution < -0.4 is 10.6 Å². The lowest BCUT2D eigenvalue weighted by Gasteiger charge is -2.18. The van der Waals surface area contributed by atoms with Gasteiger partial charge in [-0.2, -0.15) is 0 Å². The molecule has 1 atom stereocenters. The molecule has 1 unspecified atom stereocenters. The number of nitrogens with one attached hydrogen (secondary N) is 2. The molecule has 120 valence electrons. The average Bonchev–Trinajstić information content (AvgIpc) is 3.01. The van der Waals surface area contributed by atoms with Gasteiger partial charge in [-0.15, -0.1) is 0 Å². The van der Waals surface area contributed by atoms with Crippen LogP contribution in [0.4, 0.5) is 5.69 Å². The van der Waals surface area contributed by atoms with Gasteiger partial charge in [0.1, 0.15) is 0 Å². The summed E-state index contributed by atoms with van der Waals surface area (Å²) in [6.07, 6.45) is 3.61. The summed E-state index contributed by atoms with van der Waals surface area (Å²) >= 11 is 5.84. The van der Waals surface area contributed by atoms with E-state index >= 15 is 0 Å². The Labute approximate surface area is 135 Å². The molecular weight excluding hydrogens is 304 g/mol. The first-order valence-corrected chi connectivity index (χ1v) is 7.88. The molecule has 2 amide bonds. The summed E-state index contributed by atoms with van der Waals surface area (Å²) < 4.78 is 0. The Morgan fingerprint density at radius 3 is 2.64 bits per heavy atom. The van der Waals surface area contributed by atoms with E-state index in [1.807, 2.05) is 0 Å². The summed E-state index contributed by atoms with van der Waals surface area (Å²) in [4.78, 5) is 23.6. The molecule has 6 heteroatoms. The molecule has 5 nitrogen and oxygen atoms in total. The van der Waals surface area contributed by atoms with Gasteiger partial charge in [0, 0.05) is 17.3 Å². The highest BCUT2D eigenvalue weighted by Crippen LogP contribution is 2.27. The van der Waals surface area contributed by atoms with Crippen molar-refractivity contribution in [3.05, 3.63) is 28.8 Å². The number of rotatable bonds is 4. The van der Waals surface area contributed by atoms with E-state index in [1.165, 1.54) is 0 Å². The Hall–Kier alpha value is -1.59. The summed E-state index contributed by atoms with van der Waals surface area (Å²) in [5.74, 6) is -1.27. The van der Waals surface area contributed by atoms with Gasteiger partial charge in [-0.05, 0) is 49.4 Å². The Morgan fingerprint density at radius 1 is 1.32 bits per heavy atom. The minimum atomic E-state index is -0.746. The predicted octanol–water partition coefficient (Wildman–Crippen LogP) is 2.25. The lowest BCUT2D eigenvalue weighted by atomic mass is 10.0. The van der Waals surface area contributed by atoms with Crippen molar-refractivity contribution in [1.82, 2.24) is 5.32 Å². The standard InChI is InChI=1S/C16H21ClN2O3/c1-10-8-12(17)6-7-13(10)19-16(22)15(21)18-9-14(20)11-4-2-3-5-11/h6-8,11,14,20H,2-5,9H2,1H3,(H,18,21)(H,19,22). The lowest BCUT2D eigenvalue weighted by molar-refractivity contribution is -0.136. The predicted molar refractivity (Wildman–Crippen MR) is 85.8 cm³/mol. The van der Waals surface area contributed by atoms with Gasteiger partial charge in [0.15, 0.2) is 0 Å². The topological polar surface area (TPSA) is 78.4 Å². The number of hydrogen-bond donors (Lipinski definition) is 3. The highest BCUT2D eigenvalue weighted by molar-refractivity contribution is 6.39. The summed E-state index contributed by atoms with van der Waals surface area (Å²) in [6, 6.07) is 5.00. The normalized spacial score (nSPS) is 16.3. The smallest absolute Gasteiger partial charge is 0.313 e. The Balaban J connectivity index is 1.82. The van der Waals surface area contributed by atoms with E-state index in [9.17, 15) is 14.7 Å². The van der Waals surface area contributed by atoms with E-state index in [1.54, 1.807) is 25.1 Å². The summed E-state index contributed by atoms with van der Waals surface area (Å²) in [5, 5.41) is 15.6. The maximum absolute atomic E-state index is 11.8. The van der Waals surface area contributed by atoms with Crippen LogP contribution in [-0.4, -0.2) is 29.6 Å². The van der Waals surface area contributed by atoms with E-state index in [4.69, 9.17) is 11.6 Å². The summed E-state index contributed by atoms with van der Waals surface area (Å²) in [7, 11) is 0. The Kier molecular flexibility index (Phi) is 5.80. The van der Waals surface area contributed by atoms with Crippen molar-refractivity contribution in [3.63, 3.8) is 0 Å². The Bertz CT molecular complexity index is 556. The van der Waals surface area contributed by atoms with Crippen molar-refractivity contribution < 1.29 is 14.7 Å². The number of hydrogen-bond acceptors (Lipinski definition) is 3. The number of carbonyl (C=O) groups excluding carboxylic acids is 2. The van der Waals surface area contributed by atoms with Gasteiger partial charge in [0.05, 0.1) is 6.10 Å². The van der Waals surface area contributed by atoms with E-state index in [0.29, 0.717) is 10.7 Å². The molecule has 2 rings (SSSR count). The van der Waals surface area contributed by atoms with Gasteiger partial charge in [-0.1, -0.05) is 24.4 Å². The fourth-order valence-corrected chi connectivity index (χ4v) is 2.96. The third-order valence-corrected chi connectivity index (χ3v) is 4.29. The van der Waals surface area contributed by atoms with E-state index in [-0.39, 0.29) is 12.5 Å². The van der Waals surface area contributed by atoms with E-state index in [2.05, 4.69) is 10.6 Å². The number of halogens is 1. The van der Waals surface area contributed by atoms with Crippen LogP contribution in [0.5, 0.6) is 0 Å². The molecule has 1 aliphatic carbocycles. The van der Waals surface area contributed by atoms with Crippen molar-refractivity contribution in [3.8, 4) is 0 Å². The zero-order valence-corrected chi connectivity index (χ0v) is 13.3. The SMILES string of the molecule is Cc1cc(Cl)ccc1NC(=O)C(=O)NCC(O)C1CCCC1. The third-order valence-electron chi connectivity index (χ3n) is 4.06. The zero-order valence-electron chi connectivity index (χ0n) is 12.6. The quantitative estimate of drug-likeness (QED) is 0.743. The second-order valence-electron chi connectivity index (χ2n) is 5.74. The van der Waals surface area contributed by atoms with E-state index < -0.39 is 17.9 Å². The van der Waals surface area contributed by atoms with Gasteiger partial charge >= 0.3 is 11.8 Å². The minimum Gasteiger partial charge on any atom is -0.391 e. The summed E-state index contributed by atoms with van der Waals surface area (Å²) in [6.45, 7) is 1.90. The highest BCUT2D eigenvalue weighted by Gasteiger charge is 2.24. The number of aliphatic hydroxyl groups excluding tert-OH is 1. The van der Waals surface area contributed by atoms with Crippen LogP contribution in [0.2, 0.25) is 5.02 Å². The molecule has 1 aromatic carbocycles. The maximum Gasteiger partial charge on any atom is 0.313 e. The van der Waals surface area contributed by atoms with Gasteiger partial charge in [0.2, 0.25) is 0 Å². The molecule has 0 saturated heterocycles. The largest absolute Gasteiger partial charge is 0.391 e. The van der Waals surface area contributed by atoms with Crippen molar-refractivity contribution in [2.45, 2.75) is 38.7 Å². The third kappa shape index (κ3) is 4.45. The van der Waals surface area contributed by atoms with Crippen LogP contribution in [-0.2, 0) is 9.59 Å². The molecular formula is C16H21ClN2O3. The average molecular weight is 325 g/mol. The van der Waals surface area contributed by atoms with Crippen LogP contribution in [0, 0.1) is 12.8 Å². The second kappa shape index (κ2) is 7.61. The zero-order chi connectivity index (χ0) is 16.1. The van der Waals surface area contributed by atoms with Crippen LogP contribution in [0.1, 0.15) is 31.2 Å². The first kappa shape index (κ1) is 16.8.